The Bertz CT molecular complexity index is 521. The molecule has 1 heterocycles. The number of nitrogens with zero attached hydrogens (tertiary/aromatic N) is 1. The van der Waals surface area contributed by atoms with Crippen molar-refractivity contribution in [3.63, 3.8) is 0 Å². The van der Waals surface area contributed by atoms with Gasteiger partial charge in [-0.1, -0.05) is 30.3 Å². The van der Waals surface area contributed by atoms with Crippen molar-refractivity contribution in [2.75, 3.05) is 32.1 Å². The van der Waals surface area contributed by atoms with Crippen molar-refractivity contribution in [1.29, 1.82) is 0 Å². The minimum atomic E-state index is -3.37. The van der Waals surface area contributed by atoms with E-state index in [4.69, 9.17) is 5.73 Å². The Balaban J connectivity index is 2.14. The third-order valence-corrected chi connectivity index (χ3v) is 5.76. The number of hydrogen-bond acceptors (Lipinski definition) is 3. The normalized spacial score (nSPS) is 24.1. The van der Waals surface area contributed by atoms with Crippen LogP contribution in [-0.2, 0) is 10.0 Å². The Morgan fingerprint density at radius 1 is 1.25 bits per heavy atom. The molecule has 0 aromatic heterocycles. The predicted molar refractivity (Wildman–Crippen MR) is 77.7 cm³/mol. The van der Waals surface area contributed by atoms with Gasteiger partial charge >= 0.3 is 0 Å². The van der Waals surface area contributed by atoms with Gasteiger partial charge < -0.3 is 5.73 Å². The highest BCUT2D eigenvalue weighted by atomic mass is 32.2. The summed E-state index contributed by atoms with van der Waals surface area (Å²) in [5.41, 5.74) is 6.90. The highest BCUT2D eigenvalue weighted by Crippen LogP contribution is 2.33. The standard InChI is InChI=1S/C14H21FN2O2S/c15-7-4-8-20(18,19)17-10-13(9-16)14(11-17)12-5-2-1-3-6-12/h1-3,5-6,13-14H,4,7-11,16H2/t13-,14+/m1/s1. The Labute approximate surface area is 119 Å². The molecule has 0 amide bonds. The van der Waals surface area contributed by atoms with Crippen LogP contribution < -0.4 is 5.73 Å². The molecule has 0 saturated carbocycles. The summed E-state index contributed by atoms with van der Waals surface area (Å²) in [6.45, 7) is 0.732. The molecule has 0 bridgehead atoms. The Hall–Kier alpha value is -0.980. The molecule has 0 unspecified atom stereocenters. The number of rotatable bonds is 6. The first-order chi connectivity index (χ1) is 9.58. The number of nitrogens with two attached hydrogens (primary N) is 1. The SMILES string of the molecule is NC[C@@H]1CN(S(=O)(=O)CCCF)C[C@H]1c1ccccc1. The van der Waals surface area contributed by atoms with Gasteiger partial charge in [0.25, 0.3) is 0 Å². The molecule has 2 atom stereocenters. The average molecular weight is 300 g/mol. The molecule has 20 heavy (non-hydrogen) atoms. The number of halogens is 1. The molecule has 112 valence electrons. The maximum atomic E-state index is 12.2. The third-order valence-electron chi connectivity index (χ3n) is 3.87. The van der Waals surface area contributed by atoms with Crippen LogP contribution in [-0.4, -0.2) is 44.8 Å². The molecule has 1 aromatic carbocycles. The minimum Gasteiger partial charge on any atom is -0.330 e. The molecular weight excluding hydrogens is 279 g/mol. The lowest BCUT2D eigenvalue weighted by Gasteiger charge is -2.16. The van der Waals surface area contributed by atoms with Crippen LogP contribution in [0.2, 0.25) is 0 Å². The number of hydrogen-bond donors (Lipinski definition) is 1. The molecule has 2 rings (SSSR count). The van der Waals surface area contributed by atoms with E-state index >= 15 is 0 Å². The first-order valence-corrected chi connectivity index (χ1v) is 8.48. The zero-order valence-corrected chi connectivity index (χ0v) is 12.2. The van der Waals surface area contributed by atoms with Crippen LogP contribution >= 0.6 is 0 Å². The fraction of sp³-hybridized carbons (Fsp3) is 0.571. The predicted octanol–water partition coefficient (Wildman–Crippen LogP) is 1.35. The second kappa shape index (κ2) is 6.65. The summed E-state index contributed by atoms with van der Waals surface area (Å²) in [6, 6.07) is 9.84. The van der Waals surface area contributed by atoms with E-state index in [1.165, 1.54) is 4.31 Å². The lowest BCUT2D eigenvalue weighted by Crippen LogP contribution is -2.32. The lowest BCUT2D eigenvalue weighted by molar-refractivity contribution is 0.446. The van der Waals surface area contributed by atoms with Gasteiger partial charge in [-0.2, -0.15) is 0 Å². The van der Waals surface area contributed by atoms with Crippen LogP contribution in [0.1, 0.15) is 17.9 Å². The van der Waals surface area contributed by atoms with Gasteiger partial charge in [0.15, 0.2) is 0 Å². The molecule has 1 saturated heterocycles. The molecule has 2 N–H and O–H groups in total. The molecule has 1 fully saturated rings. The second-order valence-electron chi connectivity index (χ2n) is 5.19. The van der Waals surface area contributed by atoms with Gasteiger partial charge in [0, 0.05) is 19.0 Å². The van der Waals surface area contributed by atoms with Gasteiger partial charge in [0.1, 0.15) is 0 Å². The fourth-order valence-electron chi connectivity index (χ4n) is 2.74. The fourth-order valence-corrected chi connectivity index (χ4v) is 4.28. The third kappa shape index (κ3) is 3.37. The smallest absolute Gasteiger partial charge is 0.214 e. The Morgan fingerprint density at radius 3 is 2.55 bits per heavy atom. The van der Waals surface area contributed by atoms with E-state index in [0.29, 0.717) is 19.6 Å². The summed E-state index contributed by atoms with van der Waals surface area (Å²) >= 11 is 0. The van der Waals surface area contributed by atoms with Crippen molar-refractivity contribution >= 4 is 10.0 Å². The number of sulfonamides is 1. The van der Waals surface area contributed by atoms with Crippen LogP contribution in [0.5, 0.6) is 0 Å². The van der Waals surface area contributed by atoms with Gasteiger partial charge in [0.2, 0.25) is 10.0 Å². The molecule has 1 aromatic rings. The topological polar surface area (TPSA) is 63.4 Å². The second-order valence-corrected chi connectivity index (χ2v) is 7.28. The van der Waals surface area contributed by atoms with E-state index in [0.717, 1.165) is 5.56 Å². The van der Waals surface area contributed by atoms with Crippen LogP contribution in [0.4, 0.5) is 4.39 Å². The van der Waals surface area contributed by atoms with E-state index in [1.807, 2.05) is 30.3 Å². The maximum Gasteiger partial charge on any atom is 0.214 e. The van der Waals surface area contributed by atoms with E-state index in [-0.39, 0.29) is 24.0 Å². The van der Waals surface area contributed by atoms with E-state index in [2.05, 4.69) is 0 Å². The average Bonchev–Trinajstić information content (AvgIpc) is 2.91. The van der Waals surface area contributed by atoms with Crippen molar-refractivity contribution in [3.8, 4) is 0 Å². The molecule has 1 aliphatic rings. The summed E-state index contributed by atoms with van der Waals surface area (Å²) in [4.78, 5) is 0. The van der Waals surface area contributed by atoms with Gasteiger partial charge in [-0.05, 0) is 24.4 Å². The van der Waals surface area contributed by atoms with Crippen LogP contribution in [0.25, 0.3) is 0 Å². The maximum absolute atomic E-state index is 12.2. The number of benzene rings is 1. The molecule has 1 aliphatic heterocycles. The van der Waals surface area contributed by atoms with Crippen LogP contribution in [0, 0.1) is 5.92 Å². The van der Waals surface area contributed by atoms with Crippen molar-refractivity contribution in [2.45, 2.75) is 12.3 Å². The van der Waals surface area contributed by atoms with Crippen molar-refractivity contribution in [2.24, 2.45) is 11.7 Å². The molecule has 4 nitrogen and oxygen atoms in total. The molecule has 0 aliphatic carbocycles. The Kier molecular flexibility index (Phi) is 5.12. The summed E-state index contributed by atoms with van der Waals surface area (Å²) in [5.74, 6) is 0.126. The van der Waals surface area contributed by atoms with Crippen LogP contribution in [0.3, 0.4) is 0 Å². The summed E-state index contributed by atoms with van der Waals surface area (Å²) in [7, 11) is -3.37. The van der Waals surface area contributed by atoms with E-state index in [9.17, 15) is 12.8 Å². The summed E-state index contributed by atoms with van der Waals surface area (Å²) in [6.07, 6.45) is 0.0577. The number of alkyl halides is 1. The Morgan fingerprint density at radius 2 is 1.95 bits per heavy atom. The van der Waals surface area contributed by atoms with Crippen molar-refractivity contribution in [3.05, 3.63) is 35.9 Å². The highest BCUT2D eigenvalue weighted by molar-refractivity contribution is 7.89. The van der Waals surface area contributed by atoms with Crippen molar-refractivity contribution < 1.29 is 12.8 Å². The van der Waals surface area contributed by atoms with E-state index < -0.39 is 16.7 Å². The molecular formula is C14H21FN2O2S. The monoisotopic (exact) mass is 300 g/mol. The van der Waals surface area contributed by atoms with Crippen LogP contribution in [0.15, 0.2) is 30.3 Å². The van der Waals surface area contributed by atoms with E-state index in [1.54, 1.807) is 0 Å². The van der Waals surface area contributed by atoms with Gasteiger partial charge in [-0.15, -0.1) is 0 Å². The quantitative estimate of drug-likeness (QED) is 0.862. The summed E-state index contributed by atoms with van der Waals surface area (Å²) in [5, 5.41) is 0. The largest absolute Gasteiger partial charge is 0.330 e. The highest BCUT2D eigenvalue weighted by Gasteiger charge is 2.38. The molecule has 0 spiro atoms. The zero-order chi connectivity index (χ0) is 14.6. The minimum absolute atomic E-state index is 0.0577. The van der Waals surface area contributed by atoms with Crippen molar-refractivity contribution in [1.82, 2.24) is 4.31 Å². The lowest BCUT2D eigenvalue weighted by atomic mass is 9.89. The molecule has 0 radical (unpaired) electrons. The van der Waals surface area contributed by atoms with Gasteiger partial charge in [-0.3, -0.25) is 4.39 Å². The van der Waals surface area contributed by atoms with Gasteiger partial charge in [-0.25, -0.2) is 12.7 Å². The summed E-state index contributed by atoms with van der Waals surface area (Å²) < 4.78 is 38.0. The first kappa shape index (κ1) is 15.4. The van der Waals surface area contributed by atoms with Gasteiger partial charge in [0.05, 0.1) is 12.4 Å². The molecule has 6 heteroatoms. The first-order valence-electron chi connectivity index (χ1n) is 6.87. The zero-order valence-electron chi connectivity index (χ0n) is 11.4.